The second-order valence-electron chi connectivity index (χ2n) is 6.50. The zero-order valence-electron chi connectivity index (χ0n) is 13.9. The van der Waals surface area contributed by atoms with E-state index in [0.717, 1.165) is 18.4 Å². The molecule has 2 atom stereocenters. The molecule has 0 spiro atoms. The van der Waals surface area contributed by atoms with Crippen LogP contribution in [0.25, 0.3) is 0 Å². The normalized spacial score (nSPS) is 25.4. The van der Waals surface area contributed by atoms with E-state index in [1.54, 1.807) is 24.0 Å². The SMILES string of the molecule is CCOC(=O)N1C2CCC1CC(C(=O)N(F)Cc1ccccc1)C2. The summed E-state index contributed by atoms with van der Waals surface area (Å²) in [6.45, 7) is 2.08. The quantitative estimate of drug-likeness (QED) is 0.794. The van der Waals surface area contributed by atoms with E-state index in [1.165, 1.54) is 0 Å². The Labute approximate surface area is 141 Å². The van der Waals surface area contributed by atoms with Gasteiger partial charge in [0.25, 0.3) is 5.91 Å². The number of nitrogens with zero attached hydrogens (tertiary/aromatic N) is 2. The van der Waals surface area contributed by atoms with Crippen LogP contribution in [0.3, 0.4) is 0 Å². The fourth-order valence-corrected chi connectivity index (χ4v) is 3.89. The van der Waals surface area contributed by atoms with E-state index in [0.29, 0.717) is 24.6 Å². The molecule has 2 heterocycles. The van der Waals surface area contributed by atoms with Crippen molar-refractivity contribution in [2.24, 2.45) is 5.92 Å². The van der Waals surface area contributed by atoms with Crippen LogP contribution in [-0.4, -0.2) is 40.7 Å². The molecular weight excluding hydrogens is 311 g/mol. The second kappa shape index (κ2) is 7.20. The van der Waals surface area contributed by atoms with Gasteiger partial charge < -0.3 is 9.64 Å². The highest BCUT2D eigenvalue weighted by Crippen LogP contribution is 2.39. The summed E-state index contributed by atoms with van der Waals surface area (Å²) in [5, 5.41) is 0.319. The number of carbonyl (C=O) groups excluding carboxylic acids is 2. The molecule has 0 N–H and O–H groups in total. The summed E-state index contributed by atoms with van der Waals surface area (Å²) in [7, 11) is 0. The van der Waals surface area contributed by atoms with Gasteiger partial charge in [-0.15, -0.1) is 0 Å². The van der Waals surface area contributed by atoms with Crippen LogP contribution >= 0.6 is 0 Å². The van der Waals surface area contributed by atoms with Crippen LogP contribution in [0.4, 0.5) is 9.28 Å². The van der Waals surface area contributed by atoms with Gasteiger partial charge in [-0.2, -0.15) is 5.12 Å². The minimum atomic E-state index is -0.473. The average molecular weight is 334 g/mol. The lowest BCUT2D eigenvalue weighted by Crippen LogP contribution is -2.49. The standard InChI is InChI=1S/C18H23FN2O3/c1-2-24-18(23)21-15-8-9-16(21)11-14(10-15)17(22)20(19)12-13-6-4-3-5-7-13/h3-7,14-16H,2,8-12H2,1H3. The van der Waals surface area contributed by atoms with Gasteiger partial charge in [0.2, 0.25) is 0 Å². The fourth-order valence-electron chi connectivity index (χ4n) is 3.89. The first-order valence-corrected chi connectivity index (χ1v) is 8.56. The summed E-state index contributed by atoms with van der Waals surface area (Å²) in [5.74, 6) is -0.832. The maximum Gasteiger partial charge on any atom is 0.410 e. The maximum absolute atomic E-state index is 14.3. The molecule has 0 radical (unpaired) electrons. The van der Waals surface area contributed by atoms with Crippen molar-refractivity contribution in [3.63, 3.8) is 0 Å². The van der Waals surface area contributed by atoms with Crippen LogP contribution in [0.15, 0.2) is 30.3 Å². The van der Waals surface area contributed by atoms with Gasteiger partial charge in [0.05, 0.1) is 13.2 Å². The summed E-state index contributed by atoms with van der Waals surface area (Å²) in [6.07, 6.45) is 2.45. The molecule has 3 rings (SSSR count). The van der Waals surface area contributed by atoms with E-state index in [9.17, 15) is 14.1 Å². The molecule has 1 aromatic carbocycles. The number of rotatable bonds is 4. The number of halogens is 1. The van der Waals surface area contributed by atoms with Crippen LogP contribution in [0, 0.1) is 5.92 Å². The number of hydrogen-bond acceptors (Lipinski definition) is 3. The van der Waals surface area contributed by atoms with Crippen LogP contribution in [0.5, 0.6) is 0 Å². The lowest BCUT2D eigenvalue weighted by molar-refractivity contribution is -0.155. The largest absolute Gasteiger partial charge is 0.450 e. The summed E-state index contributed by atoms with van der Waals surface area (Å²) >= 11 is 0. The van der Waals surface area contributed by atoms with Gasteiger partial charge >= 0.3 is 6.09 Å². The number of hydrogen-bond donors (Lipinski definition) is 0. The topological polar surface area (TPSA) is 49.9 Å². The van der Waals surface area contributed by atoms with E-state index >= 15 is 0 Å². The smallest absolute Gasteiger partial charge is 0.410 e. The Balaban J connectivity index is 1.61. The minimum absolute atomic E-state index is 0.0122. The highest BCUT2D eigenvalue weighted by atomic mass is 19.2. The number of carbonyl (C=O) groups is 2. The second-order valence-corrected chi connectivity index (χ2v) is 6.50. The third-order valence-electron chi connectivity index (χ3n) is 4.96. The molecule has 2 aliphatic heterocycles. The van der Waals surface area contributed by atoms with Crippen LogP contribution in [0.2, 0.25) is 0 Å². The van der Waals surface area contributed by atoms with Crippen molar-refractivity contribution in [2.45, 2.75) is 51.2 Å². The Morgan fingerprint density at radius 3 is 2.42 bits per heavy atom. The number of fused-ring (bicyclic) bond motifs is 2. The van der Waals surface area contributed by atoms with Crippen LogP contribution < -0.4 is 0 Å². The van der Waals surface area contributed by atoms with Crippen molar-refractivity contribution in [2.75, 3.05) is 6.61 Å². The molecule has 0 aromatic heterocycles. The molecule has 2 unspecified atom stereocenters. The van der Waals surface area contributed by atoms with Gasteiger partial charge in [-0.3, -0.25) is 4.79 Å². The maximum atomic E-state index is 14.3. The highest BCUT2D eigenvalue weighted by molar-refractivity contribution is 5.79. The average Bonchev–Trinajstić information content (AvgIpc) is 2.85. The molecule has 2 saturated heterocycles. The van der Waals surface area contributed by atoms with Gasteiger partial charge in [-0.1, -0.05) is 34.8 Å². The lowest BCUT2D eigenvalue weighted by Gasteiger charge is -2.37. The third-order valence-corrected chi connectivity index (χ3v) is 4.96. The van der Waals surface area contributed by atoms with Crippen LogP contribution in [-0.2, 0) is 16.1 Å². The fraction of sp³-hybridized carbons (Fsp3) is 0.556. The van der Waals surface area contributed by atoms with E-state index in [4.69, 9.17) is 4.74 Å². The van der Waals surface area contributed by atoms with Crippen molar-refractivity contribution < 1.29 is 18.8 Å². The van der Waals surface area contributed by atoms with Crippen molar-refractivity contribution in [3.8, 4) is 0 Å². The van der Waals surface area contributed by atoms with Crippen LogP contribution in [0.1, 0.15) is 38.2 Å². The van der Waals surface area contributed by atoms with Gasteiger partial charge in [-0.25, -0.2) is 4.79 Å². The Morgan fingerprint density at radius 1 is 1.21 bits per heavy atom. The Kier molecular flexibility index (Phi) is 5.02. The predicted octanol–water partition coefficient (Wildman–Crippen LogP) is 3.30. The van der Waals surface area contributed by atoms with Gasteiger partial charge in [0.1, 0.15) is 0 Å². The molecule has 2 bridgehead atoms. The van der Waals surface area contributed by atoms with E-state index in [1.807, 2.05) is 18.2 Å². The third kappa shape index (κ3) is 3.37. The Morgan fingerprint density at radius 2 is 1.83 bits per heavy atom. The molecule has 1 aromatic rings. The predicted molar refractivity (Wildman–Crippen MR) is 86.5 cm³/mol. The number of ether oxygens (including phenoxy) is 1. The summed E-state index contributed by atoms with van der Waals surface area (Å²) in [4.78, 5) is 26.2. The molecule has 6 heteroatoms. The molecule has 5 nitrogen and oxygen atoms in total. The molecule has 0 aliphatic carbocycles. The van der Waals surface area contributed by atoms with Crippen molar-refractivity contribution in [1.29, 1.82) is 0 Å². The van der Waals surface area contributed by atoms with E-state index in [-0.39, 0.29) is 30.6 Å². The number of benzene rings is 1. The zero-order valence-corrected chi connectivity index (χ0v) is 13.9. The highest BCUT2D eigenvalue weighted by Gasteiger charge is 2.46. The first-order valence-electron chi connectivity index (χ1n) is 8.56. The van der Waals surface area contributed by atoms with E-state index < -0.39 is 5.91 Å². The van der Waals surface area contributed by atoms with Crippen molar-refractivity contribution >= 4 is 12.0 Å². The monoisotopic (exact) mass is 334 g/mol. The molecule has 2 amide bonds. The van der Waals surface area contributed by atoms with Gasteiger partial charge in [0, 0.05) is 18.0 Å². The van der Waals surface area contributed by atoms with Gasteiger partial charge in [-0.05, 0) is 38.2 Å². The summed E-state index contributed by atoms with van der Waals surface area (Å²) in [6, 6.07) is 9.08. The van der Waals surface area contributed by atoms with Crippen molar-refractivity contribution in [3.05, 3.63) is 35.9 Å². The molecule has 2 aliphatic rings. The number of piperidine rings is 1. The first-order chi connectivity index (χ1) is 11.6. The first kappa shape index (κ1) is 16.7. The lowest BCUT2D eigenvalue weighted by atomic mass is 9.90. The molecular formula is C18H23FN2O3. The number of amides is 2. The molecule has 24 heavy (non-hydrogen) atoms. The Hall–Kier alpha value is -2.11. The summed E-state index contributed by atoms with van der Waals surface area (Å²) < 4.78 is 19.4. The summed E-state index contributed by atoms with van der Waals surface area (Å²) in [5.41, 5.74) is 0.764. The molecule has 0 saturated carbocycles. The minimum Gasteiger partial charge on any atom is -0.450 e. The van der Waals surface area contributed by atoms with Crippen molar-refractivity contribution in [1.82, 2.24) is 10.0 Å². The molecule has 130 valence electrons. The van der Waals surface area contributed by atoms with E-state index in [2.05, 4.69) is 0 Å². The Bertz CT molecular complexity index is 581. The van der Waals surface area contributed by atoms with Gasteiger partial charge in [0.15, 0.2) is 0 Å². The molecule has 2 fully saturated rings. The zero-order chi connectivity index (χ0) is 17.1.